The summed E-state index contributed by atoms with van der Waals surface area (Å²) in [7, 11) is 0. The number of carbonyl (C=O) groups is 2. The van der Waals surface area contributed by atoms with E-state index in [1.54, 1.807) is 30.3 Å². The summed E-state index contributed by atoms with van der Waals surface area (Å²) in [5.74, 6) is 0.189. The first-order valence-electron chi connectivity index (χ1n) is 12.2. The summed E-state index contributed by atoms with van der Waals surface area (Å²) >= 11 is 12.6. The van der Waals surface area contributed by atoms with Crippen molar-refractivity contribution < 1.29 is 9.59 Å². The van der Waals surface area contributed by atoms with Gasteiger partial charge in [0.2, 0.25) is 0 Å². The molecule has 0 unspecified atom stereocenters. The molecule has 3 aromatic carbocycles. The van der Waals surface area contributed by atoms with Crippen LogP contribution >= 0.6 is 23.2 Å². The van der Waals surface area contributed by atoms with Gasteiger partial charge in [0.15, 0.2) is 0 Å². The molecule has 2 amide bonds. The number of amides is 2. The number of imidazole rings is 1. The number of anilines is 1. The van der Waals surface area contributed by atoms with Crippen LogP contribution in [0.5, 0.6) is 0 Å². The molecule has 0 saturated carbocycles. The van der Waals surface area contributed by atoms with Crippen LogP contribution in [0.4, 0.5) is 5.69 Å². The van der Waals surface area contributed by atoms with Crippen LogP contribution in [0.2, 0.25) is 10.0 Å². The fraction of sp³-hybridized carbons (Fsp3) is 0.250. The Morgan fingerprint density at radius 3 is 2.70 bits per heavy atom. The van der Waals surface area contributed by atoms with Crippen LogP contribution in [0.3, 0.4) is 0 Å². The second-order valence-corrected chi connectivity index (χ2v) is 10.1. The largest absolute Gasteiger partial charge is 0.383 e. The molecule has 0 radical (unpaired) electrons. The minimum absolute atomic E-state index is 0.0753. The van der Waals surface area contributed by atoms with Gasteiger partial charge in [-0.3, -0.25) is 9.59 Å². The maximum Gasteiger partial charge on any atom is 0.255 e. The number of carbonyl (C=O) groups excluding carboxylic acids is 2. The van der Waals surface area contributed by atoms with Gasteiger partial charge in [-0.15, -0.1) is 0 Å². The van der Waals surface area contributed by atoms with E-state index in [4.69, 9.17) is 23.2 Å². The molecule has 0 spiro atoms. The van der Waals surface area contributed by atoms with E-state index >= 15 is 0 Å². The van der Waals surface area contributed by atoms with Crippen molar-refractivity contribution in [3.8, 4) is 0 Å². The van der Waals surface area contributed by atoms with Gasteiger partial charge in [-0.05, 0) is 68.3 Å². The van der Waals surface area contributed by atoms with Gasteiger partial charge < -0.3 is 20.5 Å². The molecule has 7 nitrogen and oxygen atoms in total. The van der Waals surface area contributed by atoms with Crippen molar-refractivity contribution in [3.63, 3.8) is 0 Å². The summed E-state index contributed by atoms with van der Waals surface area (Å²) in [5.41, 5.74) is 3.36. The van der Waals surface area contributed by atoms with Gasteiger partial charge >= 0.3 is 0 Å². The number of rotatable bonds is 7. The van der Waals surface area contributed by atoms with E-state index in [0.717, 1.165) is 29.6 Å². The fourth-order valence-electron chi connectivity index (χ4n) is 4.65. The monoisotopic (exact) mass is 535 g/mol. The number of aromatic amines is 1. The Morgan fingerprint density at radius 1 is 1.11 bits per heavy atom. The maximum absolute atomic E-state index is 13.3. The summed E-state index contributed by atoms with van der Waals surface area (Å²) in [6.45, 7) is 3.19. The molecule has 0 aliphatic carbocycles. The highest BCUT2D eigenvalue weighted by Crippen LogP contribution is 2.26. The highest BCUT2D eigenvalue weighted by Gasteiger charge is 2.30. The molecule has 1 aliphatic rings. The van der Waals surface area contributed by atoms with Gasteiger partial charge in [0.05, 0.1) is 27.7 Å². The molecule has 1 fully saturated rings. The predicted molar refractivity (Wildman–Crippen MR) is 147 cm³/mol. The molecule has 5 rings (SSSR count). The second kappa shape index (κ2) is 10.8. The van der Waals surface area contributed by atoms with E-state index in [1.807, 2.05) is 48.2 Å². The van der Waals surface area contributed by atoms with Gasteiger partial charge in [-0.1, -0.05) is 41.4 Å². The summed E-state index contributed by atoms with van der Waals surface area (Å²) in [6.07, 6.45) is 1.87. The first-order valence-corrected chi connectivity index (χ1v) is 13.0. The molecule has 1 saturated heterocycles. The number of likely N-dealkylation sites (tertiary alicyclic amines) is 1. The standard InChI is InChI=1S/C28H27Cl2N5O2/c1-17(26-33-24-12-10-19(29)15-25(24)34-26)32-27(36)18-9-11-22(23(30)14-18)28(37)35-13-5-8-21(35)16-31-20-6-3-2-4-7-20/h2-4,6-7,9-12,14-15,17,21,31H,5,8,13,16H2,1H3,(H,32,36)(H,33,34)/t17-,21+/m1/s1. The van der Waals surface area contributed by atoms with Crippen LogP contribution < -0.4 is 10.6 Å². The van der Waals surface area contributed by atoms with Crippen molar-refractivity contribution in [3.05, 3.63) is 93.7 Å². The SMILES string of the molecule is C[C@@H](NC(=O)c1ccc(C(=O)N2CCC[C@H]2CNc2ccccc2)c(Cl)c1)c1nc2ccc(Cl)cc2[nH]1. The molecule has 3 N–H and O–H groups in total. The Hall–Kier alpha value is -3.55. The minimum atomic E-state index is -0.374. The molecule has 4 aromatic rings. The first-order chi connectivity index (χ1) is 17.9. The van der Waals surface area contributed by atoms with Gasteiger partial charge in [0.1, 0.15) is 5.82 Å². The quantitative estimate of drug-likeness (QED) is 0.267. The molecule has 1 aromatic heterocycles. The van der Waals surface area contributed by atoms with E-state index in [1.165, 1.54) is 0 Å². The number of halogens is 2. The molecule has 2 atom stereocenters. The lowest BCUT2D eigenvalue weighted by molar-refractivity contribution is 0.0743. The lowest BCUT2D eigenvalue weighted by atomic mass is 10.1. The first kappa shape index (κ1) is 25.1. The van der Waals surface area contributed by atoms with Crippen molar-refractivity contribution in [2.45, 2.75) is 31.8 Å². The molecular weight excluding hydrogens is 509 g/mol. The van der Waals surface area contributed by atoms with Crippen molar-refractivity contribution in [2.75, 3.05) is 18.4 Å². The number of nitrogens with one attached hydrogen (secondary N) is 3. The van der Waals surface area contributed by atoms with E-state index < -0.39 is 0 Å². The van der Waals surface area contributed by atoms with Crippen molar-refractivity contribution in [1.29, 1.82) is 0 Å². The highest BCUT2D eigenvalue weighted by molar-refractivity contribution is 6.34. The number of nitrogens with zero attached hydrogens (tertiary/aromatic N) is 2. The molecular formula is C28H27Cl2N5O2. The van der Waals surface area contributed by atoms with E-state index in [0.29, 0.717) is 35.1 Å². The Bertz CT molecular complexity index is 1440. The molecule has 1 aliphatic heterocycles. The molecule has 190 valence electrons. The van der Waals surface area contributed by atoms with Gasteiger partial charge in [-0.25, -0.2) is 4.98 Å². The number of fused-ring (bicyclic) bond motifs is 1. The minimum Gasteiger partial charge on any atom is -0.383 e. The number of H-pyrrole nitrogens is 1. The van der Waals surface area contributed by atoms with Crippen LogP contribution in [-0.2, 0) is 0 Å². The molecule has 37 heavy (non-hydrogen) atoms. The smallest absolute Gasteiger partial charge is 0.255 e. The third-order valence-electron chi connectivity index (χ3n) is 6.64. The van der Waals surface area contributed by atoms with Crippen molar-refractivity contribution >= 4 is 51.7 Å². The number of para-hydroxylation sites is 1. The number of benzene rings is 3. The van der Waals surface area contributed by atoms with E-state index in [2.05, 4.69) is 20.6 Å². The summed E-state index contributed by atoms with van der Waals surface area (Å²) in [5, 5.41) is 7.20. The number of aromatic nitrogens is 2. The Kier molecular flexibility index (Phi) is 7.35. The normalized spacial score (nSPS) is 16.1. The van der Waals surface area contributed by atoms with Gasteiger partial charge in [0, 0.05) is 35.4 Å². The Balaban J connectivity index is 1.24. The van der Waals surface area contributed by atoms with Crippen LogP contribution in [0.15, 0.2) is 66.7 Å². The van der Waals surface area contributed by atoms with Crippen molar-refractivity contribution in [2.24, 2.45) is 0 Å². The highest BCUT2D eigenvalue weighted by atomic mass is 35.5. The van der Waals surface area contributed by atoms with Crippen LogP contribution in [0.25, 0.3) is 11.0 Å². The lowest BCUT2D eigenvalue weighted by Crippen LogP contribution is -2.39. The lowest BCUT2D eigenvalue weighted by Gasteiger charge is -2.26. The molecule has 0 bridgehead atoms. The summed E-state index contributed by atoms with van der Waals surface area (Å²) < 4.78 is 0. The van der Waals surface area contributed by atoms with Gasteiger partial charge in [-0.2, -0.15) is 0 Å². The predicted octanol–water partition coefficient (Wildman–Crippen LogP) is 6.08. The average molecular weight is 536 g/mol. The third kappa shape index (κ3) is 5.58. The maximum atomic E-state index is 13.3. The molecule has 2 heterocycles. The third-order valence-corrected chi connectivity index (χ3v) is 7.18. The van der Waals surface area contributed by atoms with Gasteiger partial charge in [0.25, 0.3) is 11.8 Å². The van der Waals surface area contributed by atoms with Crippen LogP contribution in [0.1, 0.15) is 52.3 Å². The second-order valence-electron chi connectivity index (χ2n) is 9.21. The average Bonchev–Trinajstić information content (AvgIpc) is 3.54. The zero-order valence-electron chi connectivity index (χ0n) is 20.3. The number of hydrogen-bond acceptors (Lipinski definition) is 4. The van der Waals surface area contributed by atoms with Crippen molar-refractivity contribution in [1.82, 2.24) is 20.2 Å². The Labute approximate surface area is 225 Å². The fourth-order valence-corrected chi connectivity index (χ4v) is 5.08. The number of hydrogen-bond donors (Lipinski definition) is 3. The van der Waals surface area contributed by atoms with Crippen LogP contribution in [-0.4, -0.2) is 45.8 Å². The topological polar surface area (TPSA) is 90.1 Å². The zero-order chi connectivity index (χ0) is 25.9. The van der Waals surface area contributed by atoms with E-state index in [9.17, 15) is 9.59 Å². The summed E-state index contributed by atoms with van der Waals surface area (Å²) in [4.78, 5) is 35.8. The summed E-state index contributed by atoms with van der Waals surface area (Å²) in [6, 6.07) is 19.8. The zero-order valence-corrected chi connectivity index (χ0v) is 21.8. The van der Waals surface area contributed by atoms with Crippen LogP contribution in [0, 0.1) is 0 Å². The molecule has 9 heteroatoms. The Morgan fingerprint density at radius 2 is 1.92 bits per heavy atom. The van der Waals surface area contributed by atoms with E-state index in [-0.39, 0.29) is 28.9 Å².